The number of halogens is 1. The standard InChI is InChI=1S/C17H18ClN5/c1-23-15(11-5-4-6-12(18)9-11)22-13-14(20-10-21-16(13)23)17(19)7-2-3-8-17/h4-6,9-10H,2-3,7-8,19H2,1H3. The molecule has 0 spiro atoms. The Labute approximate surface area is 139 Å². The van der Waals surface area contributed by atoms with Gasteiger partial charge in [0.1, 0.15) is 17.7 Å². The fraction of sp³-hybridized carbons (Fsp3) is 0.353. The van der Waals surface area contributed by atoms with Crippen LogP contribution in [0.3, 0.4) is 0 Å². The van der Waals surface area contributed by atoms with E-state index in [1.807, 2.05) is 35.9 Å². The second-order valence-electron chi connectivity index (χ2n) is 6.26. The number of nitrogens with zero attached hydrogens (tertiary/aromatic N) is 4. The lowest BCUT2D eigenvalue weighted by Gasteiger charge is -2.22. The van der Waals surface area contributed by atoms with E-state index < -0.39 is 0 Å². The molecule has 0 bridgehead atoms. The van der Waals surface area contributed by atoms with Gasteiger partial charge in [0.25, 0.3) is 0 Å². The van der Waals surface area contributed by atoms with E-state index in [1.54, 1.807) is 6.33 Å². The van der Waals surface area contributed by atoms with Gasteiger partial charge in [-0.15, -0.1) is 0 Å². The topological polar surface area (TPSA) is 69.6 Å². The van der Waals surface area contributed by atoms with Gasteiger partial charge in [0, 0.05) is 17.6 Å². The number of aryl methyl sites for hydroxylation is 1. The SMILES string of the molecule is Cn1c(-c2cccc(Cl)c2)nc2c(C3(N)CCCC3)ncnc21. The quantitative estimate of drug-likeness (QED) is 0.783. The molecule has 0 unspecified atom stereocenters. The van der Waals surface area contributed by atoms with E-state index in [4.69, 9.17) is 22.3 Å². The first kappa shape index (κ1) is 14.6. The van der Waals surface area contributed by atoms with Crippen LogP contribution in [0.1, 0.15) is 31.4 Å². The first-order valence-corrected chi connectivity index (χ1v) is 8.19. The Morgan fingerprint density at radius 3 is 2.74 bits per heavy atom. The Hall–Kier alpha value is -1.98. The second kappa shape index (κ2) is 5.28. The Morgan fingerprint density at radius 1 is 1.22 bits per heavy atom. The Balaban J connectivity index is 1.94. The van der Waals surface area contributed by atoms with Gasteiger partial charge in [-0.3, -0.25) is 0 Å². The van der Waals surface area contributed by atoms with Crippen molar-refractivity contribution in [1.82, 2.24) is 19.5 Å². The molecule has 1 aliphatic carbocycles. The van der Waals surface area contributed by atoms with E-state index in [0.29, 0.717) is 5.02 Å². The number of fused-ring (bicyclic) bond motifs is 1. The highest BCUT2D eigenvalue weighted by Crippen LogP contribution is 2.38. The maximum absolute atomic E-state index is 6.61. The maximum Gasteiger partial charge on any atom is 0.163 e. The monoisotopic (exact) mass is 327 g/mol. The molecule has 1 aromatic carbocycles. The third kappa shape index (κ3) is 2.31. The van der Waals surface area contributed by atoms with Crippen molar-refractivity contribution in [2.75, 3.05) is 0 Å². The maximum atomic E-state index is 6.61. The molecule has 0 aliphatic heterocycles. The fourth-order valence-electron chi connectivity index (χ4n) is 3.49. The van der Waals surface area contributed by atoms with E-state index in [2.05, 4.69) is 9.97 Å². The van der Waals surface area contributed by atoms with Gasteiger partial charge < -0.3 is 10.3 Å². The Morgan fingerprint density at radius 2 is 2.00 bits per heavy atom. The van der Waals surface area contributed by atoms with Gasteiger partial charge in [-0.2, -0.15) is 0 Å². The molecule has 2 N–H and O–H groups in total. The smallest absolute Gasteiger partial charge is 0.163 e. The molecule has 1 aliphatic rings. The van der Waals surface area contributed by atoms with Crippen LogP contribution < -0.4 is 5.73 Å². The second-order valence-corrected chi connectivity index (χ2v) is 6.70. The van der Waals surface area contributed by atoms with Crippen LogP contribution in [0.2, 0.25) is 5.02 Å². The number of hydrogen-bond acceptors (Lipinski definition) is 4. The molecule has 5 nitrogen and oxygen atoms in total. The predicted molar refractivity (Wildman–Crippen MR) is 91.1 cm³/mol. The number of hydrogen-bond donors (Lipinski definition) is 1. The lowest BCUT2D eigenvalue weighted by molar-refractivity contribution is 0.450. The van der Waals surface area contributed by atoms with Gasteiger partial charge in [-0.05, 0) is 25.0 Å². The molecular formula is C17H18ClN5. The highest BCUT2D eigenvalue weighted by Gasteiger charge is 2.35. The first-order chi connectivity index (χ1) is 11.1. The molecule has 2 heterocycles. The van der Waals surface area contributed by atoms with Crippen molar-refractivity contribution in [2.24, 2.45) is 12.8 Å². The number of imidazole rings is 1. The van der Waals surface area contributed by atoms with Gasteiger partial charge in [-0.25, -0.2) is 15.0 Å². The van der Waals surface area contributed by atoms with Crippen molar-refractivity contribution in [2.45, 2.75) is 31.2 Å². The molecule has 3 aromatic rings. The summed E-state index contributed by atoms with van der Waals surface area (Å²) in [4.78, 5) is 13.7. The first-order valence-electron chi connectivity index (χ1n) is 7.81. The summed E-state index contributed by atoms with van der Waals surface area (Å²) in [5, 5.41) is 0.687. The molecule has 118 valence electrons. The number of nitrogens with two attached hydrogens (primary N) is 1. The lowest BCUT2D eigenvalue weighted by Crippen LogP contribution is -2.34. The van der Waals surface area contributed by atoms with Crippen molar-refractivity contribution < 1.29 is 0 Å². The van der Waals surface area contributed by atoms with Gasteiger partial charge in [0.2, 0.25) is 0 Å². The Kier molecular flexibility index (Phi) is 3.36. The highest BCUT2D eigenvalue weighted by molar-refractivity contribution is 6.30. The summed E-state index contributed by atoms with van der Waals surface area (Å²) < 4.78 is 1.98. The third-order valence-corrected chi connectivity index (χ3v) is 4.94. The van der Waals surface area contributed by atoms with Crippen molar-refractivity contribution in [1.29, 1.82) is 0 Å². The van der Waals surface area contributed by atoms with E-state index in [9.17, 15) is 0 Å². The summed E-state index contributed by atoms with van der Waals surface area (Å²) in [7, 11) is 1.96. The summed E-state index contributed by atoms with van der Waals surface area (Å²) in [5.74, 6) is 0.825. The average molecular weight is 328 g/mol. The normalized spacial score (nSPS) is 17.0. The van der Waals surface area contributed by atoms with Crippen LogP contribution in [0.4, 0.5) is 0 Å². The zero-order chi connectivity index (χ0) is 16.0. The third-order valence-electron chi connectivity index (χ3n) is 4.71. The zero-order valence-corrected chi connectivity index (χ0v) is 13.7. The minimum Gasteiger partial charge on any atom is -0.320 e. The molecule has 2 aromatic heterocycles. The van der Waals surface area contributed by atoms with Crippen LogP contribution in [-0.2, 0) is 12.6 Å². The summed E-state index contributed by atoms with van der Waals surface area (Å²) in [5.41, 5.74) is 9.65. The summed E-state index contributed by atoms with van der Waals surface area (Å²) in [6, 6.07) is 7.68. The molecule has 1 fully saturated rings. The van der Waals surface area contributed by atoms with Gasteiger partial charge in [-0.1, -0.05) is 36.6 Å². The van der Waals surface area contributed by atoms with Gasteiger partial charge in [0.05, 0.1) is 11.2 Å². The predicted octanol–water partition coefficient (Wildman–Crippen LogP) is 3.41. The molecule has 1 saturated carbocycles. The number of aromatic nitrogens is 4. The van der Waals surface area contributed by atoms with E-state index in [0.717, 1.165) is 53.9 Å². The van der Waals surface area contributed by atoms with Crippen molar-refractivity contribution in [3.63, 3.8) is 0 Å². The van der Waals surface area contributed by atoms with Gasteiger partial charge in [0.15, 0.2) is 5.65 Å². The van der Waals surface area contributed by atoms with Crippen molar-refractivity contribution in [3.05, 3.63) is 41.3 Å². The molecule has 0 saturated heterocycles. The molecule has 23 heavy (non-hydrogen) atoms. The van der Waals surface area contributed by atoms with E-state index in [1.165, 1.54) is 0 Å². The minimum atomic E-state index is -0.388. The van der Waals surface area contributed by atoms with Crippen LogP contribution in [0.25, 0.3) is 22.6 Å². The molecule has 0 radical (unpaired) electrons. The molecule has 0 atom stereocenters. The van der Waals surface area contributed by atoms with Crippen LogP contribution in [-0.4, -0.2) is 19.5 Å². The lowest BCUT2D eigenvalue weighted by atomic mass is 9.94. The van der Waals surface area contributed by atoms with E-state index >= 15 is 0 Å². The molecule has 4 rings (SSSR count). The number of benzene rings is 1. The highest BCUT2D eigenvalue weighted by atomic mass is 35.5. The summed E-state index contributed by atoms with van der Waals surface area (Å²) >= 11 is 6.12. The fourth-order valence-corrected chi connectivity index (χ4v) is 3.68. The van der Waals surface area contributed by atoms with E-state index in [-0.39, 0.29) is 5.54 Å². The molecule has 6 heteroatoms. The zero-order valence-electron chi connectivity index (χ0n) is 13.0. The largest absolute Gasteiger partial charge is 0.320 e. The minimum absolute atomic E-state index is 0.388. The molecule has 0 amide bonds. The summed E-state index contributed by atoms with van der Waals surface area (Å²) in [6.07, 6.45) is 5.75. The van der Waals surface area contributed by atoms with Crippen LogP contribution in [0.5, 0.6) is 0 Å². The summed E-state index contributed by atoms with van der Waals surface area (Å²) in [6.45, 7) is 0. The van der Waals surface area contributed by atoms with Crippen LogP contribution in [0, 0.1) is 0 Å². The van der Waals surface area contributed by atoms with Crippen molar-refractivity contribution in [3.8, 4) is 11.4 Å². The Bertz CT molecular complexity index is 880. The van der Waals surface area contributed by atoms with Crippen LogP contribution in [0.15, 0.2) is 30.6 Å². The van der Waals surface area contributed by atoms with Gasteiger partial charge >= 0.3 is 0 Å². The van der Waals surface area contributed by atoms with Crippen LogP contribution >= 0.6 is 11.6 Å². The average Bonchev–Trinajstić information content (AvgIpc) is 3.12. The van der Waals surface area contributed by atoms with Crippen molar-refractivity contribution >= 4 is 22.8 Å². The molecular weight excluding hydrogens is 310 g/mol. The number of rotatable bonds is 2.